The Morgan fingerprint density at radius 2 is 1.71 bits per heavy atom. The van der Waals surface area contributed by atoms with E-state index in [2.05, 4.69) is 12.2 Å². The first-order valence-corrected chi connectivity index (χ1v) is 7.22. The van der Waals surface area contributed by atoms with Crippen molar-refractivity contribution in [3.05, 3.63) is 0 Å². The lowest BCUT2D eigenvalue weighted by Gasteiger charge is -2.35. The smallest absolute Gasteiger partial charge is 0.222 e. The van der Waals surface area contributed by atoms with E-state index in [1.54, 1.807) is 0 Å². The third-order valence-corrected chi connectivity index (χ3v) is 3.70. The van der Waals surface area contributed by atoms with Gasteiger partial charge in [-0.05, 0) is 6.42 Å². The first-order valence-electron chi connectivity index (χ1n) is 7.22. The third-order valence-electron chi connectivity index (χ3n) is 3.70. The van der Waals surface area contributed by atoms with Gasteiger partial charge in [-0.15, -0.1) is 0 Å². The first-order chi connectivity index (χ1) is 8.25. The molecule has 0 aliphatic carbocycles. The van der Waals surface area contributed by atoms with Gasteiger partial charge in [-0.3, -0.25) is 4.79 Å². The molecule has 1 saturated heterocycles. The fraction of sp³-hybridized carbons (Fsp3) is 0.929. The topological polar surface area (TPSA) is 32.3 Å². The Morgan fingerprint density at radius 1 is 1.12 bits per heavy atom. The van der Waals surface area contributed by atoms with Crippen molar-refractivity contribution in [3.63, 3.8) is 0 Å². The van der Waals surface area contributed by atoms with E-state index >= 15 is 0 Å². The van der Waals surface area contributed by atoms with Gasteiger partial charge in [0.2, 0.25) is 5.91 Å². The second-order valence-electron chi connectivity index (χ2n) is 5.19. The highest BCUT2D eigenvalue weighted by Gasteiger charge is 2.24. The molecule has 0 atom stereocenters. The second kappa shape index (κ2) is 8.51. The molecule has 0 radical (unpaired) electrons. The van der Waals surface area contributed by atoms with Gasteiger partial charge in [0, 0.05) is 26.6 Å². The molecule has 1 aliphatic rings. The number of nitrogens with one attached hydrogen (secondary N) is 1. The van der Waals surface area contributed by atoms with E-state index in [1.807, 2.05) is 11.9 Å². The van der Waals surface area contributed by atoms with Crippen LogP contribution in [0.2, 0.25) is 0 Å². The number of rotatable bonds is 9. The zero-order valence-electron chi connectivity index (χ0n) is 11.5. The fourth-order valence-corrected chi connectivity index (χ4v) is 2.16. The molecule has 1 rings (SSSR count). The van der Waals surface area contributed by atoms with Crippen LogP contribution >= 0.6 is 0 Å². The molecule has 0 spiro atoms. The van der Waals surface area contributed by atoms with E-state index in [0.717, 1.165) is 25.9 Å². The van der Waals surface area contributed by atoms with Gasteiger partial charge >= 0.3 is 0 Å². The van der Waals surface area contributed by atoms with Gasteiger partial charge in [-0.2, -0.15) is 0 Å². The molecule has 1 heterocycles. The predicted molar refractivity (Wildman–Crippen MR) is 72.0 cm³/mol. The highest BCUT2D eigenvalue weighted by Crippen LogP contribution is 2.10. The minimum absolute atomic E-state index is 0.324. The molecule has 17 heavy (non-hydrogen) atoms. The van der Waals surface area contributed by atoms with Gasteiger partial charge in [-0.25, -0.2) is 0 Å². The van der Waals surface area contributed by atoms with Crippen LogP contribution in [0.1, 0.15) is 58.3 Å². The van der Waals surface area contributed by atoms with Crippen molar-refractivity contribution in [2.75, 3.05) is 20.1 Å². The Kier molecular flexibility index (Phi) is 7.25. The SMILES string of the molecule is CCCCCCCCCC(=O)N(C)C1CNC1. The van der Waals surface area contributed by atoms with E-state index < -0.39 is 0 Å². The summed E-state index contributed by atoms with van der Waals surface area (Å²) in [5, 5.41) is 3.20. The summed E-state index contributed by atoms with van der Waals surface area (Å²) >= 11 is 0. The lowest BCUT2D eigenvalue weighted by Crippen LogP contribution is -2.57. The number of hydrogen-bond donors (Lipinski definition) is 1. The van der Waals surface area contributed by atoms with Crippen LogP contribution in [0.15, 0.2) is 0 Å². The summed E-state index contributed by atoms with van der Waals surface area (Å²) < 4.78 is 0. The Balaban J connectivity index is 1.92. The Hall–Kier alpha value is -0.570. The van der Waals surface area contributed by atoms with Crippen molar-refractivity contribution < 1.29 is 4.79 Å². The van der Waals surface area contributed by atoms with Crippen LogP contribution in [0.25, 0.3) is 0 Å². The highest BCUT2D eigenvalue weighted by atomic mass is 16.2. The molecule has 0 unspecified atom stereocenters. The predicted octanol–water partition coefficient (Wildman–Crippen LogP) is 2.56. The van der Waals surface area contributed by atoms with Crippen LogP contribution in [0.5, 0.6) is 0 Å². The molecule has 3 heteroatoms. The molecule has 1 aliphatic heterocycles. The van der Waals surface area contributed by atoms with E-state index in [0.29, 0.717) is 11.9 Å². The molecule has 0 saturated carbocycles. The monoisotopic (exact) mass is 240 g/mol. The summed E-state index contributed by atoms with van der Waals surface area (Å²) in [5.74, 6) is 0.324. The standard InChI is InChI=1S/C14H28N2O/c1-3-4-5-6-7-8-9-10-14(17)16(2)13-11-15-12-13/h13,15H,3-12H2,1-2H3. The third kappa shape index (κ3) is 5.53. The summed E-state index contributed by atoms with van der Waals surface area (Å²) in [7, 11) is 1.94. The molecular formula is C14H28N2O. The van der Waals surface area contributed by atoms with E-state index in [4.69, 9.17) is 0 Å². The fourth-order valence-electron chi connectivity index (χ4n) is 2.16. The zero-order chi connectivity index (χ0) is 12.5. The summed E-state index contributed by atoms with van der Waals surface area (Å²) in [6.07, 6.45) is 9.67. The maximum atomic E-state index is 11.8. The van der Waals surface area contributed by atoms with Crippen LogP contribution in [-0.4, -0.2) is 37.0 Å². The minimum Gasteiger partial charge on any atom is -0.340 e. The van der Waals surface area contributed by atoms with Crippen LogP contribution in [-0.2, 0) is 4.79 Å². The number of unbranched alkanes of at least 4 members (excludes halogenated alkanes) is 6. The van der Waals surface area contributed by atoms with Gasteiger partial charge in [-0.1, -0.05) is 45.4 Å². The number of nitrogens with zero attached hydrogens (tertiary/aromatic N) is 1. The molecular weight excluding hydrogens is 212 g/mol. The van der Waals surface area contributed by atoms with Crippen molar-refractivity contribution in [2.45, 2.75) is 64.3 Å². The van der Waals surface area contributed by atoms with E-state index in [9.17, 15) is 4.79 Å². The maximum absolute atomic E-state index is 11.8. The molecule has 3 nitrogen and oxygen atoms in total. The van der Waals surface area contributed by atoms with Gasteiger partial charge < -0.3 is 10.2 Å². The Bertz CT molecular complexity index is 214. The number of amides is 1. The first kappa shape index (κ1) is 14.5. The molecule has 0 bridgehead atoms. The van der Waals surface area contributed by atoms with Gasteiger partial charge in [0.05, 0.1) is 6.04 Å². The van der Waals surface area contributed by atoms with Gasteiger partial charge in [0.15, 0.2) is 0 Å². The molecule has 0 aromatic heterocycles. The summed E-state index contributed by atoms with van der Waals surface area (Å²) in [4.78, 5) is 13.7. The largest absolute Gasteiger partial charge is 0.340 e. The maximum Gasteiger partial charge on any atom is 0.222 e. The van der Waals surface area contributed by atoms with Crippen LogP contribution in [0.4, 0.5) is 0 Å². The van der Waals surface area contributed by atoms with Crippen LogP contribution in [0.3, 0.4) is 0 Å². The number of carbonyl (C=O) groups excluding carboxylic acids is 1. The number of carbonyl (C=O) groups is 1. The second-order valence-corrected chi connectivity index (χ2v) is 5.19. The lowest BCUT2D eigenvalue weighted by molar-refractivity contribution is -0.133. The van der Waals surface area contributed by atoms with Crippen molar-refractivity contribution in [1.82, 2.24) is 10.2 Å². The molecule has 1 amide bonds. The average Bonchev–Trinajstić information content (AvgIpc) is 2.25. The lowest BCUT2D eigenvalue weighted by atomic mass is 10.1. The zero-order valence-corrected chi connectivity index (χ0v) is 11.5. The van der Waals surface area contributed by atoms with E-state index in [1.165, 1.54) is 38.5 Å². The molecule has 100 valence electrons. The van der Waals surface area contributed by atoms with Gasteiger partial charge in [0.25, 0.3) is 0 Å². The highest BCUT2D eigenvalue weighted by molar-refractivity contribution is 5.76. The Labute approximate surface area is 106 Å². The number of likely N-dealkylation sites (N-methyl/N-ethyl adjacent to an activating group) is 1. The molecule has 1 N–H and O–H groups in total. The van der Waals surface area contributed by atoms with Crippen LogP contribution in [0, 0.1) is 0 Å². The van der Waals surface area contributed by atoms with E-state index in [-0.39, 0.29) is 0 Å². The normalized spacial score (nSPS) is 15.6. The van der Waals surface area contributed by atoms with Crippen molar-refractivity contribution in [1.29, 1.82) is 0 Å². The van der Waals surface area contributed by atoms with Crippen molar-refractivity contribution >= 4 is 5.91 Å². The Morgan fingerprint density at radius 3 is 2.24 bits per heavy atom. The average molecular weight is 240 g/mol. The summed E-state index contributed by atoms with van der Waals surface area (Å²) in [6.45, 7) is 4.18. The quantitative estimate of drug-likeness (QED) is 0.628. The molecule has 1 fully saturated rings. The molecule has 0 aromatic carbocycles. The molecule has 0 aromatic rings. The van der Waals surface area contributed by atoms with Gasteiger partial charge in [0.1, 0.15) is 0 Å². The van der Waals surface area contributed by atoms with Crippen LogP contribution < -0.4 is 5.32 Å². The minimum atomic E-state index is 0.324. The summed E-state index contributed by atoms with van der Waals surface area (Å²) in [5.41, 5.74) is 0. The van der Waals surface area contributed by atoms with Crippen molar-refractivity contribution in [2.24, 2.45) is 0 Å². The number of hydrogen-bond acceptors (Lipinski definition) is 2. The summed E-state index contributed by atoms with van der Waals surface area (Å²) in [6, 6.07) is 0.451. The van der Waals surface area contributed by atoms with Crippen molar-refractivity contribution in [3.8, 4) is 0 Å².